The molecular weight excluding hydrogens is 138 g/mol. The van der Waals surface area contributed by atoms with Crippen molar-refractivity contribution in [3.8, 4) is 0 Å². The van der Waals surface area contributed by atoms with E-state index in [2.05, 4.69) is 5.32 Å². The second kappa shape index (κ2) is 2.94. The lowest BCUT2D eigenvalue weighted by Gasteiger charge is -2.35. The Morgan fingerprint density at radius 1 is 1.36 bits per heavy atom. The van der Waals surface area contributed by atoms with E-state index in [1.165, 1.54) is 12.8 Å². The van der Waals surface area contributed by atoms with E-state index in [-0.39, 0.29) is 0 Å². The number of hydrogen-bond acceptors (Lipinski definition) is 2. The lowest BCUT2D eigenvalue weighted by Crippen LogP contribution is -2.44. The van der Waals surface area contributed by atoms with Crippen LogP contribution in [0.5, 0.6) is 0 Å². The first-order chi connectivity index (χ1) is 5.36. The van der Waals surface area contributed by atoms with Crippen LogP contribution in [0.4, 0.5) is 0 Å². The summed E-state index contributed by atoms with van der Waals surface area (Å²) in [6.07, 6.45) is 5.27. The van der Waals surface area contributed by atoms with E-state index in [0.29, 0.717) is 17.7 Å². The van der Waals surface area contributed by atoms with Gasteiger partial charge in [-0.15, -0.1) is 0 Å². The van der Waals surface area contributed by atoms with Gasteiger partial charge in [0, 0.05) is 18.9 Å². The summed E-state index contributed by atoms with van der Waals surface area (Å²) in [5.41, 5.74) is 0. The van der Waals surface area contributed by atoms with Gasteiger partial charge in [0.1, 0.15) is 5.78 Å². The maximum Gasteiger partial charge on any atom is 0.133 e. The summed E-state index contributed by atoms with van der Waals surface area (Å²) in [5, 5.41) is 3.49. The molecule has 2 nitrogen and oxygen atoms in total. The van der Waals surface area contributed by atoms with E-state index in [0.717, 1.165) is 25.8 Å². The maximum atomic E-state index is 11.1. The molecule has 0 spiro atoms. The Labute approximate surface area is 67.4 Å². The van der Waals surface area contributed by atoms with Crippen LogP contribution in [0.25, 0.3) is 0 Å². The van der Waals surface area contributed by atoms with Crippen molar-refractivity contribution >= 4 is 5.78 Å². The van der Waals surface area contributed by atoms with Gasteiger partial charge in [-0.3, -0.25) is 4.79 Å². The summed E-state index contributed by atoms with van der Waals surface area (Å²) in [7, 11) is 0. The van der Waals surface area contributed by atoms with Gasteiger partial charge in [0.25, 0.3) is 0 Å². The van der Waals surface area contributed by atoms with Gasteiger partial charge in [-0.2, -0.15) is 0 Å². The van der Waals surface area contributed by atoms with E-state index in [4.69, 9.17) is 0 Å². The van der Waals surface area contributed by atoms with E-state index in [1.807, 2.05) is 0 Å². The number of piperidine rings is 1. The second-order valence-corrected chi connectivity index (χ2v) is 3.74. The number of hydrogen-bond donors (Lipinski definition) is 1. The molecule has 1 aliphatic heterocycles. The molecule has 0 bridgehead atoms. The highest BCUT2D eigenvalue weighted by Gasteiger charge is 2.30. The minimum atomic E-state index is 0.481. The molecule has 2 atom stereocenters. The lowest BCUT2D eigenvalue weighted by atomic mass is 9.79. The first-order valence-electron chi connectivity index (χ1n) is 4.61. The van der Waals surface area contributed by atoms with Crippen LogP contribution < -0.4 is 5.32 Å². The number of rotatable bonds is 0. The van der Waals surface area contributed by atoms with Crippen molar-refractivity contribution in [3.63, 3.8) is 0 Å². The van der Waals surface area contributed by atoms with Gasteiger partial charge in [-0.1, -0.05) is 0 Å². The molecule has 1 aliphatic carbocycles. The van der Waals surface area contributed by atoms with Crippen molar-refractivity contribution in [1.82, 2.24) is 5.32 Å². The molecule has 2 aliphatic rings. The fourth-order valence-corrected chi connectivity index (χ4v) is 2.31. The monoisotopic (exact) mass is 153 g/mol. The Kier molecular flexibility index (Phi) is 1.95. The van der Waals surface area contributed by atoms with Gasteiger partial charge < -0.3 is 5.32 Å². The Morgan fingerprint density at radius 2 is 2.27 bits per heavy atom. The highest BCUT2D eigenvalue weighted by atomic mass is 16.1. The zero-order valence-electron chi connectivity index (χ0n) is 6.81. The third kappa shape index (κ3) is 1.45. The van der Waals surface area contributed by atoms with Gasteiger partial charge in [0.05, 0.1) is 0 Å². The van der Waals surface area contributed by atoms with Gasteiger partial charge in [0.15, 0.2) is 0 Å². The number of carbonyl (C=O) groups is 1. The van der Waals surface area contributed by atoms with Gasteiger partial charge in [-0.25, -0.2) is 0 Å². The Hall–Kier alpha value is -0.370. The minimum absolute atomic E-state index is 0.481. The molecule has 0 aromatic heterocycles. The second-order valence-electron chi connectivity index (χ2n) is 3.74. The van der Waals surface area contributed by atoms with Crippen LogP contribution >= 0.6 is 0 Å². The van der Waals surface area contributed by atoms with Crippen molar-refractivity contribution in [1.29, 1.82) is 0 Å². The van der Waals surface area contributed by atoms with E-state index in [9.17, 15) is 4.79 Å². The Morgan fingerprint density at radius 3 is 3.18 bits per heavy atom. The molecule has 0 aromatic rings. The summed E-state index contributed by atoms with van der Waals surface area (Å²) in [6, 6.07) is 0.668. The standard InChI is InChI=1S/C9H15NO/c11-8-3-4-9-7(6-8)2-1-5-10-9/h7,9-10H,1-6H2/t7-,9-/m0/s1. The van der Waals surface area contributed by atoms with Gasteiger partial charge in [0.2, 0.25) is 0 Å². The van der Waals surface area contributed by atoms with Crippen LogP contribution in [-0.4, -0.2) is 18.4 Å². The number of nitrogens with one attached hydrogen (secondary N) is 1. The number of carbonyl (C=O) groups excluding carboxylic acids is 1. The average molecular weight is 153 g/mol. The predicted octanol–water partition coefficient (Wildman–Crippen LogP) is 1.11. The van der Waals surface area contributed by atoms with E-state index >= 15 is 0 Å². The molecule has 1 N–H and O–H groups in total. The third-order valence-electron chi connectivity index (χ3n) is 2.95. The number of Topliss-reactive ketones (excluding diaryl/α,β-unsaturated/α-hetero) is 1. The summed E-state index contributed by atoms with van der Waals surface area (Å²) >= 11 is 0. The van der Waals surface area contributed by atoms with Crippen molar-refractivity contribution < 1.29 is 4.79 Å². The van der Waals surface area contributed by atoms with Crippen LogP contribution in [-0.2, 0) is 4.79 Å². The van der Waals surface area contributed by atoms with Gasteiger partial charge >= 0.3 is 0 Å². The zero-order chi connectivity index (χ0) is 7.68. The quantitative estimate of drug-likeness (QED) is 0.564. The topological polar surface area (TPSA) is 29.1 Å². The molecule has 0 unspecified atom stereocenters. The average Bonchev–Trinajstić information content (AvgIpc) is 2.04. The van der Waals surface area contributed by atoms with Crippen LogP contribution in [0.3, 0.4) is 0 Å². The summed E-state index contributed by atoms with van der Waals surface area (Å²) in [6.45, 7) is 1.16. The lowest BCUT2D eigenvalue weighted by molar-refractivity contribution is -0.122. The first kappa shape index (κ1) is 7.29. The predicted molar refractivity (Wildman–Crippen MR) is 43.4 cm³/mol. The first-order valence-corrected chi connectivity index (χ1v) is 4.61. The summed E-state index contributed by atoms with van der Waals surface area (Å²) in [4.78, 5) is 11.1. The maximum absolute atomic E-state index is 11.1. The molecule has 0 amide bonds. The molecule has 11 heavy (non-hydrogen) atoms. The smallest absolute Gasteiger partial charge is 0.133 e. The molecule has 2 rings (SSSR count). The molecule has 62 valence electrons. The Bertz CT molecular complexity index is 167. The van der Waals surface area contributed by atoms with E-state index in [1.54, 1.807) is 0 Å². The summed E-state index contributed by atoms with van der Waals surface area (Å²) in [5.74, 6) is 1.15. The van der Waals surface area contributed by atoms with Crippen LogP contribution in [0.2, 0.25) is 0 Å². The largest absolute Gasteiger partial charge is 0.314 e. The Balaban J connectivity index is 1.98. The molecule has 0 aromatic carbocycles. The highest BCUT2D eigenvalue weighted by molar-refractivity contribution is 5.79. The molecular formula is C9H15NO. The minimum Gasteiger partial charge on any atom is -0.314 e. The zero-order valence-corrected chi connectivity index (χ0v) is 6.81. The van der Waals surface area contributed by atoms with Crippen molar-refractivity contribution in [3.05, 3.63) is 0 Å². The number of fused-ring (bicyclic) bond motifs is 1. The van der Waals surface area contributed by atoms with Crippen LogP contribution in [0.15, 0.2) is 0 Å². The van der Waals surface area contributed by atoms with Crippen molar-refractivity contribution in [2.75, 3.05) is 6.54 Å². The summed E-state index contributed by atoms with van der Waals surface area (Å²) < 4.78 is 0. The SMILES string of the molecule is O=C1CC[C@@H]2NCCC[C@H]2C1. The molecule has 1 heterocycles. The van der Waals surface area contributed by atoms with Crippen molar-refractivity contribution in [2.24, 2.45) is 5.92 Å². The molecule has 1 saturated carbocycles. The fourth-order valence-electron chi connectivity index (χ4n) is 2.31. The van der Waals surface area contributed by atoms with E-state index < -0.39 is 0 Å². The molecule has 0 radical (unpaired) electrons. The number of ketones is 1. The van der Waals surface area contributed by atoms with Crippen LogP contribution in [0, 0.1) is 5.92 Å². The fraction of sp³-hybridized carbons (Fsp3) is 0.889. The normalized spacial score (nSPS) is 38.4. The molecule has 2 heteroatoms. The molecule has 1 saturated heterocycles. The van der Waals surface area contributed by atoms with Gasteiger partial charge in [-0.05, 0) is 31.7 Å². The highest BCUT2D eigenvalue weighted by Crippen LogP contribution is 2.28. The molecule has 2 fully saturated rings. The van der Waals surface area contributed by atoms with Crippen LogP contribution in [0.1, 0.15) is 32.1 Å². The third-order valence-corrected chi connectivity index (χ3v) is 2.95. The van der Waals surface area contributed by atoms with Crippen molar-refractivity contribution in [2.45, 2.75) is 38.1 Å².